The van der Waals surface area contributed by atoms with Crippen molar-refractivity contribution in [3.8, 4) is 11.5 Å². The van der Waals surface area contributed by atoms with E-state index in [9.17, 15) is 0 Å². The SMILES string of the molecule is COc1ccccc1OCCn1cc(/C=C/C2=CCN(C)CC2)c2ccccc21. The van der Waals surface area contributed by atoms with Crippen LogP contribution < -0.4 is 9.47 Å². The van der Waals surface area contributed by atoms with E-state index >= 15 is 0 Å². The molecule has 0 spiro atoms. The van der Waals surface area contributed by atoms with Crippen molar-refractivity contribution >= 4 is 17.0 Å². The van der Waals surface area contributed by atoms with Crippen LogP contribution in [0, 0.1) is 0 Å². The lowest BCUT2D eigenvalue weighted by atomic mass is 10.1. The molecule has 0 atom stereocenters. The highest BCUT2D eigenvalue weighted by atomic mass is 16.5. The minimum Gasteiger partial charge on any atom is -0.493 e. The number of likely N-dealkylation sites (N-methyl/N-ethyl adjacent to an activating group) is 1. The van der Waals surface area contributed by atoms with E-state index < -0.39 is 0 Å². The molecule has 1 aliphatic rings. The van der Waals surface area contributed by atoms with E-state index in [4.69, 9.17) is 9.47 Å². The van der Waals surface area contributed by atoms with Crippen LogP contribution in [-0.2, 0) is 6.54 Å². The van der Waals surface area contributed by atoms with Gasteiger partial charge in [-0.25, -0.2) is 0 Å². The first-order valence-electron chi connectivity index (χ1n) is 10.1. The van der Waals surface area contributed by atoms with E-state index in [1.54, 1.807) is 7.11 Å². The number of para-hydroxylation sites is 3. The van der Waals surface area contributed by atoms with E-state index in [0.717, 1.165) is 37.6 Å². The molecule has 0 saturated heterocycles. The normalized spacial score (nSPS) is 15.0. The lowest BCUT2D eigenvalue weighted by Gasteiger charge is -2.20. The zero-order valence-electron chi connectivity index (χ0n) is 17.2. The molecule has 1 aliphatic heterocycles. The van der Waals surface area contributed by atoms with Crippen LogP contribution in [0.2, 0.25) is 0 Å². The first-order valence-corrected chi connectivity index (χ1v) is 10.1. The van der Waals surface area contributed by atoms with Gasteiger partial charge < -0.3 is 18.9 Å². The van der Waals surface area contributed by atoms with Crippen molar-refractivity contribution in [3.05, 3.63) is 78.0 Å². The number of methoxy groups -OCH3 is 1. The molecule has 0 aliphatic carbocycles. The Hall–Kier alpha value is -2.98. The number of nitrogens with zero attached hydrogens (tertiary/aromatic N) is 2. The highest BCUT2D eigenvalue weighted by molar-refractivity contribution is 5.89. The Bertz CT molecular complexity index is 1030. The van der Waals surface area contributed by atoms with Gasteiger partial charge in [-0.2, -0.15) is 0 Å². The average molecular weight is 389 g/mol. The van der Waals surface area contributed by atoms with Gasteiger partial charge in [0, 0.05) is 30.2 Å². The number of fused-ring (bicyclic) bond motifs is 1. The molecule has 0 saturated carbocycles. The monoisotopic (exact) mass is 388 g/mol. The van der Waals surface area contributed by atoms with Crippen molar-refractivity contribution in [3.63, 3.8) is 0 Å². The summed E-state index contributed by atoms with van der Waals surface area (Å²) in [5, 5.41) is 1.27. The highest BCUT2D eigenvalue weighted by Crippen LogP contribution is 2.27. The van der Waals surface area contributed by atoms with Crippen molar-refractivity contribution in [1.29, 1.82) is 0 Å². The first-order chi connectivity index (χ1) is 14.2. The summed E-state index contributed by atoms with van der Waals surface area (Å²) in [6, 6.07) is 16.3. The topological polar surface area (TPSA) is 26.6 Å². The standard InChI is InChI=1S/C25H28N2O2/c1-26-15-13-20(14-16-26)11-12-21-19-27(23-8-4-3-7-22(21)23)17-18-29-25-10-6-5-9-24(25)28-2/h3-13,19H,14-18H2,1-2H3/b12-11+. The zero-order valence-corrected chi connectivity index (χ0v) is 17.2. The van der Waals surface area contributed by atoms with Gasteiger partial charge in [-0.1, -0.05) is 48.6 Å². The number of rotatable bonds is 7. The summed E-state index contributed by atoms with van der Waals surface area (Å²) in [6.07, 6.45) is 10.2. The number of hydrogen-bond donors (Lipinski definition) is 0. The Labute approximate surface area is 172 Å². The summed E-state index contributed by atoms with van der Waals surface area (Å²) in [7, 11) is 3.83. The summed E-state index contributed by atoms with van der Waals surface area (Å²) in [5.74, 6) is 1.54. The van der Waals surface area contributed by atoms with Crippen LogP contribution >= 0.6 is 0 Å². The van der Waals surface area contributed by atoms with E-state index in [1.807, 2.05) is 24.3 Å². The lowest BCUT2D eigenvalue weighted by molar-refractivity contribution is 0.281. The molecule has 29 heavy (non-hydrogen) atoms. The Morgan fingerprint density at radius 3 is 2.59 bits per heavy atom. The fourth-order valence-electron chi connectivity index (χ4n) is 3.72. The second-order valence-corrected chi connectivity index (χ2v) is 7.42. The van der Waals surface area contributed by atoms with Gasteiger partial charge in [-0.15, -0.1) is 0 Å². The molecule has 2 aromatic carbocycles. The van der Waals surface area contributed by atoms with Crippen molar-refractivity contribution in [2.45, 2.75) is 13.0 Å². The molecule has 0 radical (unpaired) electrons. The summed E-state index contributed by atoms with van der Waals surface area (Å²) in [6.45, 7) is 3.51. The second-order valence-electron chi connectivity index (χ2n) is 7.42. The van der Waals surface area contributed by atoms with Crippen LogP contribution in [0.4, 0.5) is 0 Å². The van der Waals surface area contributed by atoms with Crippen LogP contribution in [-0.4, -0.2) is 43.3 Å². The van der Waals surface area contributed by atoms with Crippen molar-refractivity contribution in [2.24, 2.45) is 0 Å². The molecule has 4 nitrogen and oxygen atoms in total. The van der Waals surface area contributed by atoms with E-state index in [0.29, 0.717) is 6.61 Å². The summed E-state index contributed by atoms with van der Waals surface area (Å²) >= 11 is 0. The molecule has 0 fully saturated rings. The van der Waals surface area contributed by atoms with Crippen molar-refractivity contribution in [2.75, 3.05) is 33.9 Å². The van der Waals surface area contributed by atoms with Gasteiger partial charge in [0.2, 0.25) is 0 Å². The molecule has 3 aromatic rings. The predicted octanol–water partition coefficient (Wildman–Crippen LogP) is 5.00. The van der Waals surface area contributed by atoms with Gasteiger partial charge in [-0.3, -0.25) is 0 Å². The molecular formula is C25H28N2O2. The Balaban J connectivity index is 1.50. The molecule has 4 rings (SSSR count). The van der Waals surface area contributed by atoms with Crippen LogP contribution in [0.25, 0.3) is 17.0 Å². The minimum atomic E-state index is 0.583. The number of ether oxygens (including phenoxy) is 2. The Morgan fingerprint density at radius 1 is 1.00 bits per heavy atom. The number of aromatic nitrogens is 1. The summed E-state index contributed by atoms with van der Waals surface area (Å²) in [5.41, 5.74) is 3.89. The van der Waals surface area contributed by atoms with Crippen LogP contribution in [0.15, 0.2) is 72.5 Å². The molecule has 0 unspecified atom stereocenters. The Morgan fingerprint density at radius 2 is 1.79 bits per heavy atom. The molecule has 2 heterocycles. The fourth-order valence-corrected chi connectivity index (χ4v) is 3.72. The van der Waals surface area contributed by atoms with Gasteiger partial charge in [0.05, 0.1) is 13.7 Å². The maximum Gasteiger partial charge on any atom is 0.161 e. The van der Waals surface area contributed by atoms with E-state index in [1.165, 1.54) is 22.0 Å². The van der Waals surface area contributed by atoms with Gasteiger partial charge in [0.25, 0.3) is 0 Å². The number of benzene rings is 2. The smallest absolute Gasteiger partial charge is 0.161 e. The molecule has 0 N–H and O–H groups in total. The third-order valence-corrected chi connectivity index (χ3v) is 5.40. The maximum atomic E-state index is 5.98. The first kappa shape index (κ1) is 19.3. The maximum absolute atomic E-state index is 5.98. The highest BCUT2D eigenvalue weighted by Gasteiger charge is 2.09. The Kier molecular flexibility index (Phi) is 6.01. The third-order valence-electron chi connectivity index (χ3n) is 5.40. The quantitative estimate of drug-likeness (QED) is 0.570. The second kappa shape index (κ2) is 9.01. The van der Waals surface area contributed by atoms with Gasteiger partial charge >= 0.3 is 0 Å². The molecule has 1 aromatic heterocycles. The lowest BCUT2D eigenvalue weighted by Crippen LogP contribution is -2.23. The molecule has 0 amide bonds. The van der Waals surface area contributed by atoms with Crippen LogP contribution in [0.1, 0.15) is 12.0 Å². The molecule has 150 valence electrons. The molecule has 0 bridgehead atoms. The largest absolute Gasteiger partial charge is 0.493 e. The van der Waals surface area contributed by atoms with Gasteiger partial charge in [0.15, 0.2) is 11.5 Å². The van der Waals surface area contributed by atoms with Crippen LogP contribution in [0.5, 0.6) is 11.5 Å². The molecule has 4 heteroatoms. The fraction of sp³-hybridized carbons (Fsp3) is 0.280. The summed E-state index contributed by atoms with van der Waals surface area (Å²) in [4.78, 5) is 2.34. The van der Waals surface area contributed by atoms with Crippen molar-refractivity contribution < 1.29 is 9.47 Å². The third kappa shape index (κ3) is 4.54. The van der Waals surface area contributed by atoms with Gasteiger partial charge in [0.1, 0.15) is 6.61 Å². The van der Waals surface area contributed by atoms with Crippen LogP contribution in [0.3, 0.4) is 0 Å². The predicted molar refractivity (Wildman–Crippen MR) is 120 cm³/mol. The van der Waals surface area contributed by atoms with E-state index in [2.05, 4.69) is 65.2 Å². The molecular weight excluding hydrogens is 360 g/mol. The van der Waals surface area contributed by atoms with Gasteiger partial charge in [-0.05, 0) is 42.8 Å². The van der Waals surface area contributed by atoms with Crippen molar-refractivity contribution in [1.82, 2.24) is 9.47 Å². The minimum absolute atomic E-state index is 0.583. The average Bonchev–Trinajstić information content (AvgIpc) is 3.11. The zero-order chi connectivity index (χ0) is 20.1. The number of allylic oxidation sites excluding steroid dienone is 1. The van der Waals surface area contributed by atoms with E-state index in [-0.39, 0.29) is 0 Å². The number of hydrogen-bond acceptors (Lipinski definition) is 3. The summed E-state index contributed by atoms with van der Waals surface area (Å²) < 4.78 is 13.6.